The number of rotatable bonds is 6. The minimum atomic E-state index is 0.646. The summed E-state index contributed by atoms with van der Waals surface area (Å²) in [5, 5.41) is 6.68. The van der Waals surface area contributed by atoms with Crippen LogP contribution in [0.5, 0.6) is 0 Å². The zero-order chi connectivity index (χ0) is 10.4. The molecule has 14 heavy (non-hydrogen) atoms. The van der Waals surface area contributed by atoms with E-state index in [1.165, 1.54) is 17.8 Å². The maximum Gasteiger partial charge on any atom is 0.107 e. The maximum absolute atomic E-state index is 4.39. The van der Waals surface area contributed by atoms with E-state index < -0.39 is 0 Å². The molecule has 1 unspecified atom stereocenters. The van der Waals surface area contributed by atoms with Crippen LogP contribution < -0.4 is 5.32 Å². The number of hydrogen-bond donors (Lipinski definition) is 1. The van der Waals surface area contributed by atoms with Gasteiger partial charge in [-0.25, -0.2) is 4.98 Å². The van der Waals surface area contributed by atoms with Crippen molar-refractivity contribution in [2.24, 2.45) is 0 Å². The van der Waals surface area contributed by atoms with Gasteiger partial charge in [-0.1, -0.05) is 22.9 Å². The number of nitrogens with zero attached hydrogens (tertiary/aromatic N) is 1. The molecule has 0 amide bonds. The standard InChI is InChI=1S/C10H17BrN2S/c1-3-9(11)4-5-12-6-10-13-8(2)7-14-10/h7,9,12H,3-6H2,1-2H3. The van der Waals surface area contributed by atoms with Crippen molar-refractivity contribution in [3.8, 4) is 0 Å². The zero-order valence-electron chi connectivity index (χ0n) is 8.72. The number of halogens is 1. The van der Waals surface area contributed by atoms with Gasteiger partial charge in [-0.05, 0) is 26.3 Å². The predicted octanol–water partition coefficient (Wildman–Crippen LogP) is 3.10. The Labute approximate surface area is 98.3 Å². The van der Waals surface area contributed by atoms with Crippen molar-refractivity contribution in [2.45, 2.75) is 38.1 Å². The highest BCUT2D eigenvalue weighted by Crippen LogP contribution is 2.09. The Balaban J connectivity index is 2.10. The first kappa shape index (κ1) is 12.1. The lowest BCUT2D eigenvalue weighted by Gasteiger charge is -2.06. The fraction of sp³-hybridized carbons (Fsp3) is 0.700. The van der Waals surface area contributed by atoms with E-state index in [-0.39, 0.29) is 0 Å². The Hall–Kier alpha value is 0.0700. The third-order valence-electron chi connectivity index (χ3n) is 2.02. The van der Waals surface area contributed by atoms with Crippen molar-refractivity contribution >= 4 is 27.3 Å². The Morgan fingerprint density at radius 2 is 2.43 bits per heavy atom. The van der Waals surface area contributed by atoms with Crippen molar-refractivity contribution in [3.63, 3.8) is 0 Å². The smallest absolute Gasteiger partial charge is 0.107 e. The number of aromatic nitrogens is 1. The Morgan fingerprint density at radius 1 is 1.64 bits per heavy atom. The highest BCUT2D eigenvalue weighted by Gasteiger charge is 2.01. The molecular weight excluding hydrogens is 260 g/mol. The highest BCUT2D eigenvalue weighted by atomic mass is 79.9. The number of alkyl halides is 1. The molecule has 80 valence electrons. The van der Waals surface area contributed by atoms with Gasteiger partial charge in [0.05, 0.1) is 0 Å². The van der Waals surface area contributed by atoms with Crippen LogP contribution in [0.3, 0.4) is 0 Å². The molecule has 1 atom stereocenters. The summed E-state index contributed by atoms with van der Waals surface area (Å²) >= 11 is 5.34. The first-order valence-electron chi connectivity index (χ1n) is 4.98. The van der Waals surface area contributed by atoms with Crippen molar-refractivity contribution in [3.05, 3.63) is 16.1 Å². The molecule has 4 heteroatoms. The molecule has 0 saturated heterocycles. The topological polar surface area (TPSA) is 24.9 Å². The molecule has 1 N–H and O–H groups in total. The Kier molecular flexibility index (Phi) is 5.67. The lowest BCUT2D eigenvalue weighted by Crippen LogP contribution is -2.17. The van der Waals surface area contributed by atoms with Gasteiger partial charge in [0.1, 0.15) is 5.01 Å². The largest absolute Gasteiger partial charge is 0.310 e. The summed E-state index contributed by atoms with van der Waals surface area (Å²) < 4.78 is 0. The lowest BCUT2D eigenvalue weighted by atomic mass is 10.2. The van der Waals surface area contributed by atoms with E-state index in [1.54, 1.807) is 11.3 Å². The first-order valence-corrected chi connectivity index (χ1v) is 6.77. The van der Waals surface area contributed by atoms with E-state index in [0.717, 1.165) is 18.8 Å². The second-order valence-corrected chi connectivity index (χ2v) is 5.59. The first-order chi connectivity index (χ1) is 6.72. The molecule has 0 aliphatic rings. The Morgan fingerprint density at radius 3 is 3.00 bits per heavy atom. The van der Waals surface area contributed by atoms with Crippen LogP contribution in [-0.2, 0) is 6.54 Å². The molecule has 1 rings (SSSR count). The van der Waals surface area contributed by atoms with Crippen LogP contribution >= 0.6 is 27.3 Å². The molecule has 0 aliphatic carbocycles. The van der Waals surface area contributed by atoms with Crippen molar-refractivity contribution in [1.82, 2.24) is 10.3 Å². The number of thiazole rings is 1. The van der Waals surface area contributed by atoms with Gasteiger partial charge in [0.25, 0.3) is 0 Å². The molecule has 0 aromatic carbocycles. The summed E-state index contributed by atoms with van der Waals surface area (Å²) in [7, 11) is 0. The monoisotopic (exact) mass is 276 g/mol. The maximum atomic E-state index is 4.39. The predicted molar refractivity (Wildman–Crippen MR) is 66.2 cm³/mol. The number of aryl methyl sites for hydroxylation is 1. The highest BCUT2D eigenvalue weighted by molar-refractivity contribution is 9.09. The van der Waals surface area contributed by atoms with Gasteiger partial charge < -0.3 is 5.32 Å². The van der Waals surface area contributed by atoms with E-state index in [0.29, 0.717) is 4.83 Å². The van der Waals surface area contributed by atoms with Gasteiger partial charge >= 0.3 is 0 Å². The molecule has 2 nitrogen and oxygen atoms in total. The summed E-state index contributed by atoms with van der Waals surface area (Å²) in [6.45, 7) is 6.19. The van der Waals surface area contributed by atoms with Crippen LogP contribution in [0.25, 0.3) is 0 Å². The van der Waals surface area contributed by atoms with Crippen LogP contribution in [-0.4, -0.2) is 16.4 Å². The molecular formula is C10H17BrN2S. The minimum absolute atomic E-state index is 0.646. The third-order valence-corrected chi connectivity index (χ3v) is 4.09. The van der Waals surface area contributed by atoms with E-state index in [2.05, 4.69) is 38.5 Å². The lowest BCUT2D eigenvalue weighted by molar-refractivity contribution is 0.628. The van der Waals surface area contributed by atoms with Crippen LogP contribution in [0.15, 0.2) is 5.38 Å². The molecule has 0 spiro atoms. The summed E-state index contributed by atoms with van der Waals surface area (Å²) in [6.07, 6.45) is 2.37. The van der Waals surface area contributed by atoms with Gasteiger partial charge in [0, 0.05) is 22.4 Å². The van der Waals surface area contributed by atoms with Gasteiger partial charge in [0.15, 0.2) is 0 Å². The van der Waals surface area contributed by atoms with Gasteiger partial charge in [-0.15, -0.1) is 11.3 Å². The number of nitrogens with one attached hydrogen (secondary N) is 1. The van der Waals surface area contributed by atoms with E-state index in [9.17, 15) is 0 Å². The van der Waals surface area contributed by atoms with E-state index in [4.69, 9.17) is 0 Å². The fourth-order valence-electron chi connectivity index (χ4n) is 1.14. The molecule has 0 fully saturated rings. The van der Waals surface area contributed by atoms with E-state index in [1.807, 2.05) is 6.92 Å². The quantitative estimate of drug-likeness (QED) is 0.638. The molecule has 1 aromatic heterocycles. The normalized spacial score (nSPS) is 13.1. The van der Waals surface area contributed by atoms with Gasteiger partial charge in [0.2, 0.25) is 0 Å². The fourth-order valence-corrected chi connectivity index (χ4v) is 2.11. The minimum Gasteiger partial charge on any atom is -0.310 e. The summed E-state index contributed by atoms with van der Waals surface area (Å²) in [6, 6.07) is 0. The van der Waals surface area contributed by atoms with Crippen LogP contribution in [0.1, 0.15) is 30.5 Å². The molecule has 0 aliphatic heterocycles. The van der Waals surface area contributed by atoms with Crippen molar-refractivity contribution < 1.29 is 0 Å². The molecule has 0 radical (unpaired) electrons. The van der Waals surface area contributed by atoms with E-state index >= 15 is 0 Å². The Bertz CT molecular complexity index is 262. The van der Waals surface area contributed by atoms with Crippen LogP contribution in [0.4, 0.5) is 0 Å². The van der Waals surface area contributed by atoms with Gasteiger partial charge in [-0.3, -0.25) is 0 Å². The second kappa shape index (κ2) is 6.53. The zero-order valence-corrected chi connectivity index (χ0v) is 11.1. The van der Waals surface area contributed by atoms with Crippen LogP contribution in [0, 0.1) is 6.92 Å². The average Bonchev–Trinajstić information content (AvgIpc) is 2.58. The second-order valence-electron chi connectivity index (χ2n) is 3.35. The molecule has 0 saturated carbocycles. The molecule has 1 aromatic rings. The van der Waals surface area contributed by atoms with Crippen LogP contribution in [0.2, 0.25) is 0 Å². The third kappa shape index (κ3) is 4.53. The average molecular weight is 277 g/mol. The van der Waals surface area contributed by atoms with Crippen molar-refractivity contribution in [2.75, 3.05) is 6.54 Å². The van der Waals surface area contributed by atoms with Crippen molar-refractivity contribution in [1.29, 1.82) is 0 Å². The molecule has 1 heterocycles. The SMILES string of the molecule is CCC(Br)CCNCc1nc(C)cs1. The summed E-state index contributed by atoms with van der Waals surface area (Å²) in [4.78, 5) is 5.04. The molecule has 0 bridgehead atoms. The van der Waals surface area contributed by atoms with Gasteiger partial charge in [-0.2, -0.15) is 0 Å². The summed E-state index contributed by atoms with van der Waals surface area (Å²) in [5.41, 5.74) is 1.12. The summed E-state index contributed by atoms with van der Waals surface area (Å²) in [5.74, 6) is 0. The number of hydrogen-bond acceptors (Lipinski definition) is 3.